The molecule has 0 spiro atoms. The van der Waals surface area contributed by atoms with E-state index in [1.165, 1.54) is 38.5 Å². The average molecular weight is 447 g/mol. The largest absolute Gasteiger partial charge is 0.504 e. The van der Waals surface area contributed by atoms with E-state index < -0.39 is 0 Å². The van der Waals surface area contributed by atoms with Crippen LogP contribution in [-0.2, 0) is 4.79 Å². The number of rotatable bonds is 9. The first-order chi connectivity index (χ1) is 15.9. The Morgan fingerprint density at radius 2 is 1.64 bits per heavy atom. The van der Waals surface area contributed by atoms with Crippen LogP contribution in [0.1, 0.15) is 21.5 Å². The van der Waals surface area contributed by atoms with Gasteiger partial charge < -0.3 is 24.6 Å². The first kappa shape index (κ1) is 23.4. The Bertz CT molecular complexity index is 1170. The molecule has 0 fully saturated rings. The van der Waals surface area contributed by atoms with Gasteiger partial charge in [-0.2, -0.15) is 0 Å². The number of allylic oxidation sites excluding steroid dienone is 1. The van der Waals surface area contributed by atoms with Crippen LogP contribution in [-0.4, -0.2) is 37.6 Å². The van der Waals surface area contributed by atoms with Gasteiger partial charge in [-0.25, -0.2) is 0 Å². The van der Waals surface area contributed by atoms with Crippen LogP contribution in [0, 0.1) is 6.92 Å². The molecule has 0 saturated carbocycles. The first-order valence-electron chi connectivity index (χ1n) is 10.2. The number of anilines is 1. The number of methoxy groups -OCH3 is 2. The van der Waals surface area contributed by atoms with Crippen molar-refractivity contribution < 1.29 is 28.9 Å². The SMILES string of the molecule is COc1cc(C(=O)/C=C/c2ccc(OCC(=O)Nc3ccc(C)cc3)c(OC)c2)ccc1O. The molecule has 0 unspecified atom stereocenters. The van der Waals surface area contributed by atoms with E-state index in [-0.39, 0.29) is 29.8 Å². The molecule has 3 aromatic carbocycles. The lowest BCUT2D eigenvalue weighted by atomic mass is 10.1. The first-order valence-corrected chi connectivity index (χ1v) is 10.2. The summed E-state index contributed by atoms with van der Waals surface area (Å²) in [5.41, 5.74) is 2.89. The summed E-state index contributed by atoms with van der Waals surface area (Å²) in [6.45, 7) is 1.79. The molecule has 0 atom stereocenters. The van der Waals surface area contributed by atoms with Crippen molar-refractivity contribution in [3.05, 3.63) is 83.4 Å². The van der Waals surface area contributed by atoms with Crippen LogP contribution in [0.25, 0.3) is 6.08 Å². The topological polar surface area (TPSA) is 94.1 Å². The number of hydrogen-bond acceptors (Lipinski definition) is 6. The van der Waals surface area contributed by atoms with Gasteiger partial charge >= 0.3 is 0 Å². The van der Waals surface area contributed by atoms with E-state index in [9.17, 15) is 14.7 Å². The smallest absolute Gasteiger partial charge is 0.262 e. The number of carbonyl (C=O) groups is 2. The molecule has 7 nitrogen and oxygen atoms in total. The predicted octanol–water partition coefficient (Wildman–Crippen LogP) is 4.63. The van der Waals surface area contributed by atoms with E-state index in [0.29, 0.717) is 28.3 Å². The van der Waals surface area contributed by atoms with E-state index in [0.717, 1.165) is 5.56 Å². The molecule has 33 heavy (non-hydrogen) atoms. The Kier molecular flexibility index (Phi) is 7.70. The van der Waals surface area contributed by atoms with E-state index in [1.807, 2.05) is 31.2 Å². The Balaban J connectivity index is 1.63. The maximum Gasteiger partial charge on any atom is 0.262 e. The molecule has 0 aliphatic rings. The Labute approximate surface area is 192 Å². The van der Waals surface area contributed by atoms with Gasteiger partial charge in [0, 0.05) is 11.3 Å². The number of phenolic OH excluding ortho intramolecular Hbond substituents is 1. The number of aryl methyl sites for hydroxylation is 1. The quantitative estimate of drug-likeness (QED) is 0.367. The summed E-state index contributed by atoms with van der Waals surface area (Å²) < 4.78 is 16.0. The van der Waals surface area contributed by atoms with Crippen LogP contribution in [0.4, 0.5) is 5.69 Å². The van der Waals surface area contributed by atoms with Crippen LogP contribution in [0.3, 0.4) is 0 Å². The summed E-state index contributed by atoms with van der Waals surface area (Å²) in [6, 6.07) is 17.0. The molecule has 0 aliphatic carbocycles. The number of phenols is 1. The number of amides is 1. The number of ether oxygens (including phenoxy) is 3. The van der Waals surface area contributed by atoms with Gasteiger partial charge in [0.25, 0.3) is 5.91 Å². The number of benzene rings is 3. The minimum Gasteiger partial charge on any atom is -0.504 e. The van der Waals surface area contributed by atoms with Crippen molar-refractivity contribution in [3.8, 4) is 23.0 Å². The number of nitrogens with one attached hydrogen (secondary N) is 1. The van der Waals surface area contributed by atoms with Gasteiger partial charge in [0.05, 0.1) is 14.2 Å². The minimum atomic E-state index is -0.292. The van der Waals surface area contributed by atoms with E-state index in [4.69, 9.17) is 14.2 Å². The molecule has 0 radical (unpaired) electrons. The minimum absolute atomic E-state index is 0.0362. The zero-order valence-corrected chi connectivity index (χ0v) is 18.6. The zero-order chi connectivity index (χ0) is 23.8. The third-order valence-corrected chi connectivity index (χ3v) is 4.77. The monoisotopic (exact) mass is 447 g/mol. The molecule has 0 saturated heterocycles. The summed E-state index contributed by atoms with van der Waals surface area (Å²) in [5, 5.41) is 12.4. The van der Waals surface area contributed by atoms with Gasteiger partial charge in [-0.3, -0.25) is 9.59 Å². The zero-order valence-electron chi connectivity index (χ0n) is 18.6. The van der Waals surface area contributed by atoms with E-state index in [2.05, 4.69) is 5.32 Å². The van der Waals surface area contributed by atoms with Gasteiger partial charge in [-0.05, 0) is 61.0 Å². The van der Waals surface area contributed by atoms with E-state index >= 15 is 0 Å². The molecule has 0 aliphatic heterocycles. The predicted molar refractivity (Wildman–Crippen MR) is 126 cm³/mol. The average Bonchev–Trinajstić information content (AvgIpc) is 2.83. The Hall–Kier alpha value is -4.26. The molecule has 0 bridgehead atoms. The van der Waals surface area contributed by atoms with Crippen LogP contribution in [0.5, 0.6) is 23.0 Å². The number of carbonyl (C=O) groups excluding carboxylic acids is 2. The van der Waals surface area contributed by atoms with Gasteiger partial charge in [-0.1, -0.05) is 29.8 Å². The highest BCUT2D eigenvalue weighted by Gasteiger charge is 2.10. The Morgan fingerprint density at radius 3 is 2.33 bits per heavy atom. The third-order valence-electron chi connectivity index (χ3n) is 4.77. The molecular weight excluding hydrogens is 422 g/mol. The van der Waals surface area contributed by atoms with Gasteiger partial charge in [-0.15, -0.1) is 0 Å². The summed E-state index contributed by atoms with van der Waals surface area (Å²) in [6.07, 6.45) is 3.05. The standard InChI is InChI=1S/C26H25NO6/c1-17-4-9-20(10-5-17)27-26(30)16-33-23-13-7-18(14-25(23)32-3)6-11-21(28)19-8-12-22(29)24(15-19)31-2/h4-15,29H,16H2,1-3H3,(H,27,30)/b11-6+. The van der Waals surface area contributed by atoms with Crippen molar-refractivity contribution in [3.63, 3.8) is 0 Å². The Morgan fingerprint density at radius 1 is 0.909 bits per heavy atom. The molecule has 3 rings (SSSR count). The summed E-state index contributed by atoms with van der Waals surface area (Å²) >= 11 is 0. The van der Waals surface area contributed by atoms with Crippen molar-refractivity contribution in [1.29, 1.82) is 0 Å². The van der Waals surface area contributed by atoms with Crippen molar-refractivity contribution in [1.82, 2.24) is 0 Å². The fourth-order valence-electron chi connectivity index (χ4n) is 2.98. The molecule has 170 valence electrons. The molecular formula is C26H25NO6. The van der Waals surface area contributed by atoms with Crippen molar-refractivity contribution in [2.75, 3.05) is 26.1 Å². The molecule has 1 amide bonds. The lowest BCUT2D eigenvalue weighted by molar-refractivity contribution is -0.118. The van der Waals surface area contributed by atoms with Gasteiger partial charge in [0.15, 0.2) is 35.4 Å². The lowest BCUT2D eigenvalue weighted by Gasteiger charge is -2.11. The van der Waals surface area contributed by atoms with Crippen molar-refractivity contribution in [2.45, 2.75) is 6.92 Å². The van der Waals surface area contributed by atoms with Crippen molar-refractivity contribution in [2.24, 2.45) is 0 Å². The van der Waals surface area contributed by atoms with E-state index in [1.54, 1.807) is 24.3 Å². The second-order valence-corrected chi connectivity index (χ2v) is 7.20. The molecule has 3 aromatic rings. The molecule has 0 heterocycles. The molecule has 0 aromatic heterocycles. The van der Waals surface area contributed by atoms with Gasteiger partial charge in [0.1, 0.15) is 0 Å². The van der Waals surface area contributed by atoms with Crippen LogP contribution >= 0.6 is 0 Å². The van der Waals surface area contributed by atoms with Crippen LogP contribution in [0.2, 0.25) is 0 Å². The number of hydrogen-bond donors (Lipinski definition) is 2. The second-order valence-electron chi connectivity index (χ2n) is 7.20. The maximum atomic E-state index is 12.4. The maximum absolute atomic E-state index is 12.4. The lowest BCUT2D eigenvalue weighted by Crippen LogP contribution is -2.20. The fraction of sp³-hybridized carbons (Fsp3) is 0.154. The van der Waals surface area contributed by atoms with Crippen LogP contribution in [0.15, 0.2) is 66.7 Å². The summed E-state index contributed by atoms with van der Waals surface area (Å²) in [5.74, 6) is 0.484. The highest BCUT2D eigenvalue weighted by atomic mass is 16.5. The highest BCUT2D eigenvalue weighted by molar-refractivity contribution is 6.07. The number of aromatic hydroxyl groups is 1. The summed E-state index contributed by atoms with van der Waals surface area (Å²) in [4.78, 5) is 24.6. The fourth-order valence-corrected chi connectivity index (χ4v) is 2.98. The molecule has 7 heteroatoms. The third kappa shape index (κ3) is 6.36. The normalized spacial score (nSPS) is 10.6. The van der Waals surface area contributed by atoms with Crippen LogP contribution < -0.4 is 19.5 Å². The van der Waals surface area contributed by atoms with Gasteiger partial charge in [0.2, 0.25) is 0 Å². The highest BCUT2D eigenvalue weighted by Crippen LogP contribution is 2.29. The second kappa shape index (κ2) is 10.9. The number of ketones is 1. The van der Waals surface area contributed by atoms with Crippen molar-refractivity contribution >= 4 is 23.5 Å². The molecule has 2 N–H and O–H groups in total. The summed E-state index contributed by atoms with van der Waals surface area (Å²) in [7, 11) is 2.91.